The summed E-state index contributed by atoms with van der Waals surface area (Å²) in [5, 5.41) is 0.255. The number of allylic oxidation sites excluding steroid dienone is 2. The van der Waals surface area contributed by atoms with Gasteiger partial charge in [0, 0.05) is 22.9 Å². The van der Waals surface area contributed by atoms with Crippen molar-refractivity contribution in [3.8, 4) is 5.75 Å². The van der Waals surface area contributed by atoms with Crippen LogP contribution in [0, 0.1) is 13.8 Å². The summed E-state index contributed by atoms with van der Waals surface area (Å²) in [5.41, 5.74) is 6.74. The van der Waals surface area contributed by atoms with Gasteiger partial charge < -0.3 is 15.2 Å². The van der Waals surface area contributed by atoms with Crippen molar-refractivity contribution in [1.82, 2.24) is 4.98 Å². The number of hydrogen-bond acceptors (Lipinski definition) is 6. The standard InChI is InChI=1S/C26H23ClF3N3O3/c1-15-13-32-22(16(2)24(15)35-3)14-36-25(34)18-10-8-17(9-11-18)21(12-23(31)26(28,29)30)33-20-7-5-4-6-19(20)27/h4-13H,14,31H2,1-3H3. The van der Waals surface area contributed by atoms with Crippen molar-refractivity contribution in [2.75, 3.05) is 7.11 Å². The number of rotatable bonds is 7. The highest BCUT2D eigenvalue weighted by Gasteiger charge is 2.31. The van der Waals surface area contributed by atoms with E-state index in [-0.39, 0.29) is 28.6 Å². The summed E-state index contributed by atoms with van der Waals surface area (Å²) < 4.78 is 50.0. The maximum Gasteiger partial charge on any atom is 0.430 e. The molecule has 0 radical (unpaired) electrons. The van der Waals surface area contributed by atoms with Crippen LogP contribution >= 0.6 is 11.6 Å². The van der Waals surface area contributed by atoms with Crippen LogP contribution in [0.2, 0.25) is 5.02 Å². The van der Waals surface area contributed by atoms with Crippen molar-refractivity contribution < 1.29 is 27.4 Å². The van der Waals surface area contributed by atoms with Crippen LogP contribution in [-0.2, 0) is 11.3 Å². The summed E-state index contributed by atoms with van der Waals surface area (Å²) in [5.74, 6) is 0.0363. The van der Waals surface area contributed by atoms with E-state index in [1.165, 1.54) is 24.3 Å². The van der Waals surface area contributed by atoms with Crippen molar-refractivity contribution in [2.45, 2.75) is 26.6 Å². The lowest BCUT2D eigenvalue weighted by molar-refractivity contribution is -0.0925. The lowest BCUT2D eigenvalue weighted by Gasteiger charge is -2.12. The molecule has 0 aliphatic rings. The van der Waals surface area contributed by atoms with Crippen LogP contribution in [0.4, 0.5) is 18.9 Å². The number of methoxy groups -OCH3 is 1. The van der Waals surface area contributed by atoms with Crippen LogP contribution in [0.1, 0.15) is 32.7 Å². The fraction of sp³-hybridized carbons (Fsp3) is 0.192. The molecule has 0 unspecified atom stereocenters. The largest absolute Gasteiger partial charge is 0.496 e. The molecule has 10 heteroatoms. The molecule has 1 aromatic heterocycles. The normalized spacial score (nSPS) is 12.4. The van der Waals surface area contributed by atoms with Crippen LogP contribution in [0.25, 0.3) is 0 Å². The Morgan fingerprint density at radius 1 is 1.11 bits per heavy atom. The second-order valence-corrected chi connectivity index (χ2v) is 8.15. The Balaban J connectivity index is 1.85. The van der Waals surface area contributed by atoms with Gasteiger partial charge in [0.1, 0.15) is 18.1 Å². The minimum Gasteiger partial charge on any atom is -0.496 e. The number of aryl methyl sites for hydroxylation is 1. The van der Waals surface area contributed by atoms with E-state index in [1.54, 1.807) is 37.6 Å². The zero-order valence-corrected chi connectivity index (χ0v) is 20.4. The van der Waals surface area contributed by atoms with E-state index in [1.807, 2.05) is 13.8 Å². The van der Waals surface area contributed by atoms with Crippen LogP contribution in [0.5, 0.6) is 5.75 Å². The Kier molecular flexibility index (Phi) is 8.37. The Bertz CT molecular complexity index is 1320. The minimum absolute atomic E-state index is 0.0763. The first-order chi connectivity index (χ1) is 17.0. The Hall–Kier alpha value is -3.85. The molecule has 3 aromatic rings. The smallest absolute Gasteiger partial charge is 0.430 e. The van der Waals surface area contributed by atoms with Gasteiger partial charge in [0.15, 0.2) is 0 Å². The number of nitrogens with two attached hydrogens (primary N) is 1. The second-order valence-electron chi connectivity index (χ2n) is 7.75. The van der Waals surface area contributed by atoms with Gasteiger partial charge in [-0.25, -0.2) is 9.79 Å². The zero-order valence-electron chi connectivity index (χ0n) is 19.7. The Morgan fingerprint density at radius 3 is 2.36 bits per heavy atom. The number of aromatic nitrogens is 1. The fourth-order valence-corrected chi connectivity index (χ4v) is 3.47. The maximum absolute atomic E-state index is 13.1. The summed E-state index contributed by atoms with van der Waals surface area (Å²) in [6.07, 6.45) is -2.39. The van der Waals surface area contributed by atoms with Gasteiger partial charge in [-0.15, -0.1) is 0 Å². The molecule has 6 nitrogen and oxygen atoms in total. The number of halogens is 4. The topological polar surface area (TPSA) is 86.8 Å². The van der Waals surface area contributed by atoms with Crippen molar-refractivity contribution in [2.24, 2.45) is 10.7 Å². The number of nitrogens with zero attached hydrogens (tertiary/aromatic N) is 2. The molecular weight excluding hydrogens is 495 g/mol. The highest BCUT2D eigenvalue weighted by molar-refractivity contribution is 6.33. The summed E-state index contributed by atoms with van der Waals surface area (Å²) in [4.78, 5) is 21.1. The molecule has 3 rings (SSSR count). The number of pyridine rings is 1. The third-order valence-corrected chi connectivity index (χ3v) is 5.54. The highest BCUT2D eigenvalue weighted by atomic mass is 35.5. The first-order valence-electron chi connectivity index (χ1n) is 10.7. The van der Waals surface area contributed by atoms with Crippen molar-refractivity contribution >= 4 is 29.0 Å². The Labute approximate surface area is 211 Å². The van der Waals surface area contributed by atoms with Gasteiger partial charge in [0.2, 0.25) is 0 Å². The number of esters is 1. The van der Waals surface area contributed by atoms with E-state index in [4.69, 9.17) is 26.8 Å². The molecule has 1 heterocycles. The summed E-state index contributed by atoms with van der Waals surface area (Å²) in [6.45, 7) is 3.60. The van der Waals surface area contributed by atoms with Crippen molar-refractivity contribution in [1.29, 1.82) is 0 Å². The predicted molar refractivity (Wildman–Crippen MR) is 132 cm³/mol. The number of alkyl halides is 3. The summed E-state index contributed by atoms with van der Waals surface area (Å²) in [6, 6.07) is 12.2. The van der Waals surface area contributed by atoms with E-state index in [2.05, 4.69) is 9.98 Å². The van der Waals surface area contributed by atoms with Gasteiger partial charge in [0.05, 0.1) is 34.8 Å². The van der Waals surface area contributed by atoms with Crippen LogP contribution in [0.3, 0.4) is 0 Å². The van der Waals surface area contributed by atoms with Crippen LogP contribution < -0.4 is 10.5 Å². The molecule has 0 spiro atoms. The SMILES string of the molecule is COc1c(C)cnc(COC(=O)c2ccc(C(C=C(N)C(F)(F)F)=Nc3ccccc3Cl)cc2)c1C. The molecule has 188 valence electrons. The molecule has 36 heavy (non-hydrogen) atoms. The molecule has 0 bridgehead atoms. The van der Waals surface area contributed by atoms with E-state index in [0.717, 1.165) is 17.2 Å². The van der Waals surface area contributed by atoms with Crippen LogP contribution in [0.15, 0.2) is 71.5 Å². The molecule has 2 N–H and O–H groups in total. The monoisotopic (exact) mass is 517 g/mol. The number of hydrogen-bond donors (Lipinski definition) is 1. The average Bonchev–Trinajstić information content (AvgIpc) is 2.84. The highest BCUT2D eigenvalue weighted by Crippen LogP contribution is 2.27. The van der Waals surface area contributed by atoms with Gasteiger partial charge in [-0.05, 0) is 44.2 Å². The van der Waals surface area contributed by atoms with Gasteiger partial charge in [0.25, 0.3) is 0 Å². The average molecular weight is 518 g/mol. The van der Waals surface area contributed by atoms with E-state index >= 15 is 0 Å². The van der Waals surface area contributed by atoms with Gasteiger partial charge in [-0.3, -0.25) is 4.98 Å². The number of ether oxygens (including phenoxy) is 2. The quantitative estimate of drug-likeness (QED) is 0.296. The van der Waals surface area contributed by atoms with E-state index < -0.39 is 17.8 Å². The number of benzene rings is 2. The van der Waals surface area contributed by atoms with Gasteiger partial charge in [-0.1, -0.05) is 35.9 Å². The molecule has 0 aliphatic carbocycles. The number of para-hydroxylation sites is 1. The van der Waals surface area contributed by atoms with Crippen LogP contribution in [-0.4, -0.2) is 30.0 Å². The maximum atomic E-state index is 13.1. The van der Waals surface area contributed by atoms with E-state index in [0.29, 0.717) is 17.0 Å². The number of carbonyl (C=O) groups is 1. The van der Waals surface area contributed by atoms with Crippen molar-refractivity contribution in [3.05, 3.63) is 99.5 Å². The molecule has 0 atom stereocenters. The third-order valence-electron chi connectivity index (χ3n) is 5.22. The molecule has 2 aromatic carbocycles. The molecule has 0 aliphatic heterocycles. The Morgan fingerprint density at radius 2 is 1.75 bits per heavy atom. The predicted octanol–water partition coefficient (Wildman–Crippen LogP) is 6.24. The third kappa shape index (κ3) is 6.42. The summed E-state index contributed by atoms with van der Waals surface area (Å²) >= 11 is 6.12. The molecule has 0 saturated heterocycles. The molecule has 0 fully saturated rings. The van der Waals surface area contributed by atoms with Gasteiger partial charge >= 0.3 is 12.1 Å². The second kappa shape index (κ2) is 11.3. The fourth-order valence-electron chi connectivity index (χ4n) is 3.29. The first kappa shape index (κ1) is 26.7. The first-order valence-corrected chi connectivity index (χ1v) is 11.0. The lowest BCUT2D eigenvalue weighted by Crippen LogP contribution is -2.21. The molecular formula is C26H23ClF3N3O3. The molecule has 0 saturated carbocycles. The lowest BCUT2D eigenvalue weighted by atomic mass is 10.1. The number of carbonyl (C=O) groups excluding carboxylic acids is 1. The van der Waals surface area contributed by atoms with Crippen molar-refractivity contribution in [3.63, 3.8) is 0 Å². The minimum atomic E-state index is -4.74. The zero-order chi connectivity index (χ0) is 26.5. The van der Waals surface area contributed by atoms with Gasteiger partial charge in [-0.2, -0.15) is 13.2 Å². The summed E-state index contributed by atoms with van der Waals surface area (Å²) in [7, 11) is 1.55. The molecule has 0 amide bonds. The number of aliphatic imine (C=N–C) groups is 1. The van der Waals surface area contributed by atoms with E-state index in [9.17, 15) is 18.0 Å².